The van der Waals surface area contributed by atoms with Gasteiger partial charge in [-0.3, -0.25) is 9.69 Å². The quantitative estimate of drug-likeness (QED) is 0.397. The summed E-state index contributed by atoms with van der Waals surface area (Å²) in [6.45, 7) is 5.58. The summed E-state index contributed by atoms with van der Waals surface area (Å²) >= 11 is 1.57. The lowest BCUT2D eigenvalue weighted by Gasteiger charge is -2.20. The number of carbonyl (C=O) groups is 1. The van der Waals surface area contributed by atoms with Crippen molar-refractivity contribution >= 4 is 45.0 Å². The number of nitrogens with zero attached hydrogens (tertiary/aromatic N) is 4. The van der Waals surface area contributed by atoms with Crippen molar-refractivity contribution < 1.29 is 4.79 Å². The standard InChI is InChI=1S/C23H24N4OS.ClH/c1-17-8-9-19(18(2)14-17)15-22(28)27(12-5-11-26-13-10-24-16-26)23-25-20-6-3-4-7-21(20)29-23;/h3-4,6-10,13-14,16H,5,11-12,15H2,1-2H3;1H. The summed E-state index contributed by atoms with van der Waals surface area (Å²) in [6.07, 6.45) is 6.74. The molecule has 2 heterocycles. The van der Waals surface area contributed by atoms with E-state index in [0.29, 0.717) is 13.0 Å². The third kappa shape index (κ3) is 5.07. The smallest absolute Gasteiger partial charge is 0.233 e. The Balaban J connectivity index is 0.00000256. The number of para-hydroxylation sites is 1. The topological polar surface area (TPSA) is 51.0 Å². The molecule has 0 aliphatic heterocycles. The molecule has 0 aliphatic rings. The molecule has 0 aliphatic carbocycles. The van der Waals surface area contributed by atoms with Crippen molar-refractivity contribution in [2.75, 3.05) is 11.4 Å². The Bertz CT molecular complexity index is 1090. The minimum Gasteiger partial charge on any atom is -0.337 e. The second kappa shape index (κ2) is 9.87. The van der Waals surface area contributed by atoms with E-state index in [1.54, 1.807) is 23.9 Å². The number of rotatable bonds is 7. The highest BCUT2D eigenvalue weighted by molar-refractivity contribution is 7.22. The van der Waals surface area contributed by atoms with E-state index >= 15 is 0 Å². The molecule has 5 nitrogen and oxygen atoms in total. The van der Waals surface area contributed by atoms with Crippen LogP contribution in [-0.2, 0) is 17.8 Å². The number of halogens is 1. The average molecular weight is 441 g/mol. The number of imidazole rings is 1. The van der Waals surface area contributed by atoms with Gasteiger partial charge in [-0.2, -0.15) is 0 Å². The third-order valence-electron chi connectivity index (χ3n) is 5.01. The summed E-state index contributed by atoms with van der Waals surface area (Å²) in [6, 6.07) is 14.3. The number of aryl methyl sites for hydroxylation is 3. The van der Waals surface area contributed by atoms with Gasteiger partial charge in [0.1, 0.15) is 0 Å². The van der Waals surface area contributed by atoms with Gasteiger partial charge in [-0.1, -0.05) is 47.2 Å². The fourth-order valence-corrected chi connectivity index (χ4v) is 4.44. The predicted molar refractivity (Wildman–Crippen MR) is 126 cm³/mol. The van der Waals surface area contributed by atoms with Crippen molar-refractivity contribution in [1.29, 1.82) is 0 Å². The molecular formula is C23H25ClN4OS. The number of thiazole rings is 1. The molecule has 2 aromatic carbocycles. The highest BCUT2D eigenvalue weighted by Gasteiger charge is 2.20. The van der Waals surface area contributed by atoms with Crippen LogP contribution in [-0.4, -0.2) is 27.0 Å². The van der Waals surface area contributed by atoms with Crippen molar-refractivity contribution in [3.63, 3.8) is 0 Å². The molecule has 7 heteroatoms. The zero-order valence-corrected chi connectivity index (χ0v) is 18.7. The number of carbonyl (C=O) groups excluding carboxylic acids is 1. The van der Waals surface area contributed by atoms with Gasteiger partial charge in [-0.05, 0) is 43.5 Å². The van der Waals surface area contributed by atoms with Crippen molar-refractivity contribution in [1.82, 2.24) is 14.5 Å². The van der Waals surface area contributed by atoms with Crippen molar-refractivity contribution in [3.05, 3.63) is 77.9 Å². The predicted octanol–water partition coefficient (Wildman–Crippen LogP) is 5.20. The Labute approximate surface area is 186 Å². The highest BCUT2D eigenvalue weighted by Crippen LogP contribution is 2.29. The summed E-state index contributed by atoms with van der Waals surface area (Å²) in [4.78, 5) is 24.0. The first-order chi connectivity index (χ1) is 14.1. The summed E-state index contributed by atoms with van der Waals surface area (Å²) in [7, 11) is 0. The summed E-state index contributed by atoms with van der Waals surface area (Å²) in [5.41, 5.74) is 4.37. The van der Waals surface area contributed by atoms with Crippen LogP contribution < -0.4 is 4.90 Å². The summed E-state index contributed by atoms with van der Waals surface area (Å²) in [5, 5.41) is 0.770. The maximum atomic E-state index is 13.3. The normalized spacial score (nSPS) is 10.7. The third-order valence-corrected chi connectivity index (χ3v) is 6.07. The van der Waals surface area contributed by atoms with Gasteiger partial charge in [0.25, 0.3) is 0 Å². The average Bonchev–Trinajstić information content (AvgIpc) is 3.36. The molecule has 156 valence electrons. The van der Waals surface area contributed by atoms with Gasteiger partial charge in [-0.15, -0.1) is 12.4 Å². The van der Waals surface area contributed by atoms with Gasteiger partial charge >= 0.3 is 0 Å². The van der Waals surface area contributed by atoms with E-state index in [0.717, 1.165) is 39.4 Å². The lowest BCUT2D eigenvalue weighted by Crippen LogP contribution is -2.33. The molecule has 0 bridgehead atoms. The van der Waals surface area contributed by atoms with E-state index in [9.17, 15) is 4.79 Å². The van der Waals surface area contributed by atoms with Gasteiger partial charge in [0, 0.05) is 25.5 Å². The second-order valence-corrected chi connectivity index (χ2v) is 8.28. The number of amides is 1. The lowest BCUT2D eigenvalue weighted by molar-refractivity contribution is -0.118. The van der Waals surface area contributed by atoms with Gasteiger partial charge in [0.15, 0.2) is 5.13 Å². The molecule has 30 heavy (non-hydrogen) atoms. The molecule has 0 spiro atoms. The number of hydrogen-bond donors (Lipinski definition) is 0. The van der Waals surface area contributed by atoms with E-state index in [1.165, 1.54) is 5.56 Å². The first-order valence-electron chi connectivity index (χ1n) is 9.78. The van der Waals surface area contributed by atoms with Gasteiger partial charge in [0.05, 0.1) is 23.0 Å². The van der Waals surface area contributed by atoms with Crippen LogP contribution in [0.4, 0.5) is 5.13 Å². The first kappa shape index (κ1) is 22.0. The van der Waals surface area contributed by atoms with Crippen LogP contribution in [0.15, 0.2) is 61.2 Å². The fourth-order valence-electron chi connectivity index (χ4n) is 3.44. The SMILES string of the molecule is Cc1ccc(CC(=O)N(CCCn2ccnc2)c2nc3ccccc3s2)c(C)c1.Cl. The van der Waals surface area contributed by atoms with Crippen LogP contribution in [0.2, 0.25) is 0 Å². The van der Waals surface area contributed by atoms with Gasteiger partial charge in [0.2, 0.25) is 5.91 Å². The van der Waals surface area contributed by atoms with E-state index in [4.69, 9.17) is 4.98 Å². The maximum Gasteiger partial charge on any atom is 0.233 e. The summed E-state index contributed by atoms with van der Waals surface area (Å²) < 4.78 is 3.13. The van der Waals surface area contributed by atoms with Crippen LogP contribution in [0.25, 0.3) is 10.2 Å². The highest BCUT2D eigenvalue weighted by atomic mass is 35.5. The number of fused-ring (bicyclic) bond motifs is 1. The number of benzene rings is 2. The lowest BCUT2D eigenvalue weighted by atomic mass is 10.0. The van der Waals surface area contributed by atoms with Crippen molar-refractivity contribution in [3.8, 4) is 0 Å². The molecule has 1 amide bonds. The monoisotopic (exact) mass is 440 g/mol. The van der Waals surface area contributed by atoms with Crippen LogP contribution in [0.1, 0.15) is 23.1 Å². The molecule has 0 N–H and O–H groups in total. The number of anilines is 1. The van der Waals surface area contributed by atoms with E-state index in [2.05, 4.69) is 43.1 Å². The van der Waals surface area contributed by atoms with Gasteiger partial charge < -0.3 is 4.57 Å². The molecule has 4 aromatic rings. The van der Waals surface area contributed by atoms with Crippen LogP contribution in [0, 0.1) is 13.8 Å². The maximum absolute atomic E-state index is 13.3. The minimum atomic E-state index is 0. The summed E-state index contributed by atoms with van der Waals surface area (Å²) in [5.74, 6) is 0.0849. The van der Waals surface area contributed by atoms with E-state index in [-0.39, 0.29) is 18.3 Å². The molecule has 0 atom stereocenters. The number of hydrogen-bond acceptors (Lipinski definition) is 4. The molecule has 0 radical (unpaired) electrons. The minimum absolute atomic E-state index is 0. The van der Waals surface area contributed by atoms with Gasteiger partial charge in [-0.25, -0.2) is 9.97 Å². The number of aromatic nitrogens is 3. The van der Waals surface area contributed by atoms with Crippen molar-refractivity contribution in [2.24, 2.45) is 0 Å². The molecule has 0 unspecified atom stereocenters. The Morgan fingerprint density at radius 2 is 2.00 bits per heavy atom. The Kier molecular flexibility index (Phi) is 7.24. The second-order valence-electron chi connectivity index (χ2n) is 7.27. The zero-order chi connectivity index (χ0) is 20.2. The largest absolute Gasteiger partial charge is 0.337 e. The van der Waals surface area contributed by atoms with Crippen LogP contribution >= 0.6 is 23.7 Å². The molecule has 0 fully saturated rings. The first-order valence-corrected chi connectivity index (χ1v) is 10.6. The van der Waals surface area contributed by atoms with Crippen LogP contribution in [0.5, 0.6) is 0 Å². The molecule has 0 saturated heterocycles. The zero-order valence-electron chi connectivity index (χ0n) is 17.1. The fraction of sp³-hybridized carbons (Fsp3) is 0.261. The molecular weight excluding hydrogens is 416 g/mol. The van der Waals surface area contributed by atoms with Crippen molar-refractivity contribution in [2.45, 2.75) is 33.2 Å². The Morgan fingerprint density at radius 1 is 1.17 bits per heavy atom. The molecule has 4 rings (SSSR count). The Hall–Kier alpha value is -2.70. The van der Waals surface area contributed by atoms with E-state index < -0.39 is 0 Å². The van der Waals surface area contributed by atoms with Crippen LogP contribution in [0.3, 0.4) is 0 Å². The molecule has 0 saturated carbocycles. The van der Waals surface area contributed by atoms with E-state index in [1.807, 2.05) is 33.9 Å². The molecule has 2 aromatic heterocycles. The Morgan fingerprint density at radius 3 is 2.73 bits per heavy atom.